The Labute approximate surface area is 170 Å². The van der Waals surface area contributed by atoms with Crippen molar-refractivity contribution in [2.45, 2.75) is 48.8 Å². The van der Waals surface area contributed by atoms with Gasteiger partial charge in [0.05, 0.1) is 4.87 Å². The zero-order valence-corrected chi connectivity index (χ0v) is 17.2. The van der Waals surface area contributed by atoms with Crippen LogP contribution in [0, 0.1) is 5.92 Å². The largest absolute Gasteiger partial charge is 0.341 e. The summed E-state index contributed by atoms with van der Waals surface area (Å²) in [6, 6.07) is 9.54. The average molecular weight is 407 g/mol. The molecule has 1 spiro atoms. The van der Waals surface area contributed by atoms with E-state index >= 15 is 0 Å². The number of halogens is 1. The molecule has 4 rings (SSSR count). The van der Waals surface area contributed by atoms with Crippen molar-refractivity contribution in [3.8, 4) is 0 Å². The minimum atomic E-state index is -0.632. The van der Waals surface area contributed by atoms with Crippen LogP contribution in [0.25, 0.3) is 0 Å². The Hall–Kier alpha value is -1.20. The van der Waals surface area contributed by atoms with Crippen LogP contribution in [-0.2, 0) is 9.59 Å². The van der Waals surface area contributed by atoms with Gasteiger partial charge in [0.15, 0.2) is 0 Å². The molecule has 4 nitrogen and oxygen atoms in total. The highest BCUT2D eigenvalue weighted by molar-refractivity contribution is 8.00. The molecule has 3 fully saturated rings. The van der Waals surface area contributed by atoms with Gasteiger partial charge in [-0.3, -0.25) is 9.59 Å². The molecule has 0 aromatic heterocycles. The number of alkyl halides is 1. The van der Waals surface area contributed by atoms with Crippen LogP contribution in [0.4, 0.5) is 0 Å². The van der Waals surface area contributed by atoms with Crippen LogP contribution in [0.1, 0.15) is 49.5 Å². The minimum absolute atomic E-state index is 0.0191. The van der Waals surface area contributed by atoms with Crippen molar-refractivity contribution in [3.63, 3.8) is 0 Å². The van der Waals surface area contributed by atoms with Crippen LogP contribution in [0.3, 0.4) is 0 Å². The first kappa shape index (κ1) is 19.1. The maximum absolute atomic E-state index is 13.0. The van der Waals surface area contributed by atoms with Crippen LogP contribution in [0.5, 0.6) is 0 Å². The van der Waals surface area contributed by atoms with E-state index in [0.29, 0.717) is 19.0 Å². The number of likely N-dealkylation sites (tertiary alicyclic amines) is 1. The van der Waals surface area contributed by atoms with Crippen molar-refractivity contribution in [3.05, 3.63) is 35.9 Å². The van der Waals surface area contributed by atoms with Gasteiger partial charge in [0, 0.05) is 31.3 Å². The van der Waals surface area contributed by atoms with Gasteiger partial charge >= 0.3 is 0 Å². The third-order valence-electron chi connectivity index (χ3n) is 6.31. The number of rotatable bonds is 3. The van der Waals surface area contributed by atoms with E-state index in [4.69, 9.17) is 11.6 Å². The summed E-state index contributed by atoms with van der Waals surface area (Å²) in [5, 5.41) is -0.632. The summed E-state index contributed by atoms with van der Waals surface area (Å²) in [6.45, 7) is 2.21. The van der Waals surface area contributed by atoms with E-state index in [1.165, 1.54) is 12.8 Å². The van der Waals surface area contributed by atoms with Gasteiger partial charge in [-0.15, -0.1) is 23.4 Å². The molecule has 1 aromatic rings. The van der Waals surface area contributed by atoms with Gasteiger partial charge in [0.1, 0.15) is 5.38 Å². The molecule has 2 saturated heterocycles. The predicted molar refractivity (Wildman–Crippen MR) is 110 cm³/mol. The van der Waals surface area contributed by atoms with E-state index in [1.807, 2.05) is 47.0 Å². The molecule has 1 unspecified atom stereocenters. The van der Waals surface area contributed by atoms with E-state index in [2.05, 4.69) is 4.90 Å². The van der Waals surface area contributed by atoms with Crippen molar-refractivity contribution < 1.29 is 9.59 Å². The van der Waals surface area contributed by atoms with Gasteiger partial charge in [-0.05, 0) is 31.2 Å². The van der Waals surface area contributed by atoms with Crippen molar-refractivity contribution in [2.75, 3.05) is 25.4 Å². The summed E-state index contributed by atoms with van der Waals surface area (Å²) in [7, 11) is 0. The topological polar surface area (TPSA) is 40.6 Å². The Morgan fingerprint density at radius 2 is 1.74 bits per heavy atom. The highest BCUT2D eigenvalue weighted by atomic mass is 35.5. The predicted octanol–water partition coefficient (Wildman–Crippen LogP) is 4.05. The molecule has 0 radical (unpaired) electrons. The normalized spacial score (nSPS) is 23.7. The van der Waals surface area contributed by atoms with Crippen molar-refractivity contribution in [1.82, 2.24) is 9.80 Å². The zero-order chi connectivity index (χ0) is 18.9. The lowest BCUT2D eigenvalue weighted by Gasteiger charge is -2.45. The van der Waals surface area contributed by atoms with Crippen LogP contribution in [0.2, 0.25) is 0 Å². The molecule has 3 aliphatic rings. The second-order valence-corrected chi connectivity index (χ2v) is 9.76. The number of thioether (sulfide) groups is 1. The summed E-state index contributed by atoms with van der Waals surface area (Å²) >= 11 is 8.36. The monoisotopic (exact) mass is 406 g/mol. The van der Waals surface area contributed by atoms with Crippen LogP contribution in [0.15, 0.2) is 30.3 Å². The van der Waals surface area contributed by atoms with E-state index in [9.17, 15) is 9.59 Å². The van der Waals surface area contributed by atoms with E-state index < -0.39 is 5.38 Å². The van der Waals surface area contributed by atoms with Crippen molar-refractivity contribution >= 4 is 35.2 Å². The molecule has 1 aliphatic carbocycles. The van der Waals surface area contributed by atoms with E-state index in [1.54, 1.807) is 0 Å². The first-order valence-corrected chi connectivity index (χ1v) is 11.5. The van der Waals surface area contributed by atoms with Crippen molar-refractivity contribution in [2.24, 2.45) is 5.92 Å². The molecule has 1 atom stereocenters. The molecule has 27 heavy (non-hydrogen) atoms. The Balaban J connectivity index is 1.40. The number of hydrogen-bond acceptors (Lipinski definition) is 3. The lowest BCUT2D eigenvalue weighted by Crippen LogP contribution is -2.55. The molecule has 1 aromatic carbocycles. The highest BCUT2D eigenvalue weighted by Crippen LogP contribution is 2.46. The maximum atomic E-state index is 13.0. The summed E-state index contributed by atoms with van der Waals surface area (Å²) < 4.78 is 0. The molecule has 2 aliphatic heterocycles. The smallest absolute Gasteiger partial charge is 0.245 e. The van der Waals surface area contributed by atoms with Gasteiger partial charge in [0.2, 0.25) is 11.8 Å². The zero-order valence-electron chi connectivity index (χ0n) is 15.6. The number of carbonyl (C=O) groups is 2. The van der Waals surface area contributed by atoms with E-state index in [0.717, 1.165) is 43.5 Å². The molecule has 146 valence electrons. The number of hydrogen-bond donors (Lipinski definition) is 0. The maximum Gasteiger partial charge on any atom is 0.245 e. The number of benzene rings is 1. The standard InChI is InChI=1S/C21H27ClN2O2S/c22-18(16-6-2-1-3-7-16)20(26)23-12-10-21(11-13-23)24(14-15-27-21)19(25)17-8-4-5-9-17/h1-3,6-7,17-18H,4-5,8-15H2. The Morgan fingerprint density at radius 1 is 1.07 bits per heavy atom. The Bertz CT molecular complexity index is 685. The molecule has 0 N–H and O–H groups in total. The molecular formula is C21H27ClN2O2S. The lowest BCUT2D eigenvalue weighted by molar-refractivity contribution is -0.140. The average Bonchev–Trinajstić information content (AvgIpc) is 3.38. The van der Waals surface area contributed by atoms with Gasteiger partial charge in [-0.2, -0.15) is 0 Å². The molecular weight excluding hydrogens is 380 g/mol. The molecule has 6 heteroatoms. The SMILES string of the molecule is O=C(C(Cl)c1ccccc1)N1CCC2(CC1)SCCN2C(=O)C1CCCC1. The lowest BCUT2D eigenvalue weighted by atomic mass is 9.98. The van der Waals surface area contributed by atoms with E-state index in [-0.39, 0.29) is 16.7 Å². The van der Waals surface area contributed by atoms with Crippen LogP contribution >= 0.6 is 23.4 Å². The minimum Gasteiger partial charge on any atom is -0.341 e. The highest BCUT2D eigenvalue weighted by Gasteiger charge is 2.48. The molecule has 0 bridgehead atoms. The third-order valence-corrected chi connectivity index (χ3v) is 8.30. The Morgan fingerprint density at radius 3 is 2.41 bits per heavy atom. The quantitative estimate of drug-likeness (QED) is 0.711. The number of carbonyl (C=O) groups excluding carboxylic acids is 2. The van der Waals surface area contributed by atoms with Crippen molar-refractivity contribution in [1.29, 1.82) is 0 Å². The summed E-state index contributed by atoms with van der Waals surface area (Å²) in [4.78, 5) is 29.8. The number of piperidine rings is 1. The first-order chi connectivity index (χ1) is 13.1. The molecule has 2 amide bonds. The summed E-state index contributed by atoms with van der Waals surface area (Å²) in [5.74, 6) is 1.57. The van der Waals surface area contributed by atoms with Crippen LogP contribution in [-0.4, -0.2) is 51.9 Å². The van der Waals surface area contributed by atoms with Gasteiger partial charge in [-0.25, -0.2) is 0 Å². The second-order valence-electron chi connectivity index (χ2n) is 7.86. The second kappa shape index (κ2) is 8.04. The fraction of sp³-hybridized carbons (Fsp3) is 0.619. The fourth-order valence-corrected chi connectivity index (χ4v) is 6.47. The number of nitrogens with zero attached hydrogens (tertiary/aromatic N) is 2. The summed E-state index contributed by atoms with van der Waals surface area (Å²) in [6.07, 6.45) is 6.16. The van der Waals surface area contributed by atoms with Gasteiger partial charge in [-0.1, -0.05) is 43.2 Å². The Kier molecular flexibility index (Phi) is 5.70. The molecule has 2 heterocycles. The third kappa shape index (κ3) is 3.73. The summed E-state index contributed by atoms with van der Waals surface area (Å²) in [5.41, 5.74) is 0.845. The van der Waals surface area contributed by atoms with Gasteiger partial charge in [0.25, 0.3) is 0 Å². The van der Waals surface area contributed by atoms with Crippen LogP contribution < -0.4 is 0 Å². The molecule has 1 saturated carbocycles. The first-order valence-electron chi connectivity index (χ1n) is 10.0. The van der Waals surface area contributed by atoms with Gasteiger partial charge < -0.3 is 9.80 Å². The fourth-order valence-electron chi connectivity index (χ4n) is 4.73. The number of amides is 2.